The average molecular weight is 1290 g/mol. The summed E-state index contributed by atoms with van der Waals surface area (Å²) in [6, 6.07) is 1.19. The molecular weight excluding hydrogens is 1210 g/mol. The molecule has 3 saturated heterocycles. The first-order chi connectivity index (χ1) is 44.5. The van der Waals surface area contributed by atoms with Crippen LogP contribution in [-0.4, -0.2) is 149 Å². The normalized spacial score (nSPS) is 29.2. The van der Waals surface area contributed by atoms with Gasteiger partial charge in [-0.05, 0) is 133 Å². The summed E-state index contributed by atoms with van der Waals surface area (Å²) in [7, 11) is 2.75. The number of ketones is 2. The van der Waals surface area contributed by atoms with Gasteiger partial charge in [-0.15, -0.1) is 0 Å². The number of carbonyl (C=O) groups excluding carboxylic acids is 5. The number of aliphatic hydroxyl groups excluding tert-OH is 1. The van der Waals surface area contributed by atoms with Crippen LogP contribution >= 0.6 is 0 Å². The largest absolute Gasteiger partial charge is 0.519 e. The van der Waals surface area contributed by atoms with Crippen LogP contribution in [0, 0.1) is 53.1 Å². The van der Waals surface area contributed by atoms with E-state index in [1.807, 2.05) is 24.8 Å². The first-order valence-electron chi connectivity index (χ1n) is 32.4. The fourth-order valence-electron chi connectivity index (χ4n) is 17.6. The second-order valence-corrected chi connectivity index (χ2v) is 27.6. The molecule has 93 heavy (non-hydrogen) atoms. The van der Waals surface area contributed by atoms with Gasteiger partial charge in [-0.3, -0.25) is 24.1 Å². The summed E-state index contributed by atoms with van der Waals surface area (Å²) in [5.41, 5.74) is -4.35. The molecule has 25 heteroatoms. The molecule has 10 atom stereocenters. The van der Waals surface area contributed by atoms with Crippen molar-refractivity contribution in [3.05, 3.63) is 114 Å². The fourth-order valence-corrected chi connectivity index (χ4v) is 17.6. The molecule has 5 aromatic rings. The number of allylic oxidation sites excluding steroid dienone is 4. The number of piperazine rings is 1. The standard InChI is InChI=1S/C68H76F2N6O17/c1-34-26-72(20-21-74(34)64(84)91-33-90-63(83)45-29-76(39-12-13-39)55-43(59(45)81)24-48(70)57(61(55)88-6)73-27-36-8-7-19-71(49(36)30-73)31-51-35(2)92-65(85)93-51)56-47(69)23-42-54(60(56)87-5)75(38-10-11-38)28-44(58(42)80)62(82)89-32-52(79)68(86)18-16-46-41-14-9-37-22-40(77)15-17-66(37,3)53(41)50(78)25-67(46,68)4/h15,17,22-24,28-29,34,36,38-39,41,46,49-50,53,78,86H,7-14,16,18-21,25-27,30-33H2,1-6H3/t34?,36?,41-,46-,49?,50-,53+,66-,67-,68-/m1/s1. The number of hydrogen-bond donors (Lipinski definition) is 2. The fraction of sp³-hybridized carbons (Fsp3) is 0.559. The number of hydrogen-bond acceptors (Lipinski definition) is 20. The number of nitrogens with zero attached hydrogens (tertiary/aromatic N) is 6. The number of ether oxygens (including phenoxy) is 5. The van der Waals surface area contributed by atoms with E-state index < -0.39 is 105 Å². The zero-order valence-electron chi connectivity index (χ0n) is 52.8. The van der Waals surface area contributed by atoms with Gasteiger partial charge in [-0.2, -0.15) is 0 Å². The molecule has 5 saturated carbocycles. The first-order valence-corrected chi connectivity index (χ1v) is 32.4. The smallest absolute Gasteiger partial charge is 0.492 e. The van der Waals surface area contributed by atoms with E-state index in [1.165, 1.54) is 31.5 Å². The Bertz CT molecular complexity index is 4240. The van der Waals surface area contributed by atoms with Gasteiger partial charge in [0.15, 0.2) is 41.3 Å². The van der Waals surface area contributed by atoms with Crippen molar-refractivity contribution in [2.45, 2.75) is 141 Å². The quantitative estimate of drug-likeness (QED) is 0.0761. The molecule has 6 heterocycles. The number of rotatable bonds is 15. The van der Waals surface area contributed by atoms with Gasteiger partial charge in [-0.25, -0.2) is 28.0 Å². The molecule has 2 N–H and O–H groups in total. The van der Waals surface area contributed by atoms with Crippen LogP contribution in [0.2, 0.25) is 0 Å². The van der Waals surface area contributed by atoms with Gasteiger partial charge in [0, 0.05) is 86.0 Å². The van der Waals surface area contributed by atoms with Crippen LogP contribution in [0.1, 0.15) is 136 Å². The minimum atomic E-state index is -1.95. The number of pyridine rings is 2. The molecule has 0 radical (unpaired) electrons. The molecule has 3 aromatic heterocycles. The van der Waals surface area contributed by atoms with Gasteiger partial charge >= 0.3 is 23.9 Å². The zero-order valence-corrected chi connectivity index (χ0v) is 52.8. The van der Waals surface area contributed by atoms with Crippen molar-refractivity contribution in [2.24, 2.45) is 34.5 Å². The van der Waals surface area contributed by atoms with E-state index in [2.05, 4.69) is 4.90 Å². The monoisotopic (exact) mass is 1290 g/mol. The number of likely N-dealkylation sites (tertiary alicyclic amines) is 1. The minimum absolute atomic E-state index is 0.00257. The molecule has 9 aliphatic rings. The number of amides is 1. The topological polar surface area (TPSA) is 272 Å². The van der Waals surface area contributed by atoms with E-state index in [-0.39, 0.29) is 119 Å². The van der Waals surface area contributed by atoms with Crippen molar-refractivity contribution in [2.75, 3.05) is 76.7 Å². The molecule has 494 valence electrons. The number of aromatic nitrogens is 2. The van der Waals surface area contributed by atoms with Gasteiger partial charge in [-0.1, -0.05) is 25.5 Å². The number of carbonyl (C=O) groups is 5. The van der Waals surface area contributed by atoms with E-state index in [0.717, 1.165) is 49.9 Å². The molecule has 14 rings (SSSR count). The average Bonchev–Trinajstić information content (AvgIpc) is 1.64. The third-order valence-corrected chi connectivity index (χ3v) is 22.5. The summed E-state index contributed by atoms with van der Waals surface area (Å²) in [5.74, 6) is -4.64. The molecular formula is C68H76F2N6O17. The van der Waals surface area contributed by atoms with Gasteiger partial charge in [0.1, 0.15) is 33.9 Å². The Balaban J connectivity index is 0.632. The van der Waals surface area contributed by atoms with Crippen LogP contribution in [0.15, 0.2) is 71.5 Å². The third kappa shape index (κ3) is 10.2. The summed E-state index contributed by atoms with van der Waals surface area (Å²) in [5, 5.41) is 23.9. The number of benzene rings is 2. The lowest BCUT2D eigenvalue weighted by atomic mass is 9.46. The molecule has 3 aliphatic heterocycles. The molecule has 0 spiro atoms. The number of Topliss-reactive ketones (excluding diaryl/α,β-unsaturated/α-hetero) is 1. The highest BCUT2D eigenvalue weighted by Gasteiger charge is 2.68. The van der Waals surface area contributed by atoms with Crippen molar-refractivity contribution >= 4 is 62.8 Å². The van der Waals surface area contributed by atoms with Crippen molar-refractivity contribution in [3.63, 3.8) is 0 Å². The van der Waals surface area contributed by atoms with Gasteiger partial charge in [0.05, 0.1) is 48.7 Å². The lowest BCUT2D eigenvalue weighted by Gasteiger charge is -2.59. The number of halogens is 2. The number of methoxy groups -OCH3 is 2. The van der Waals surface area contributed by atoms with E-state index in [4.69, 9.17) is 32.5 Å². The Morgan fingerprint density at radius 1 is 0.763 bits per heavy atom. The third-order valence-electron chi connectivity index (χ3n) is 22.5. The number of piperidine rings is 1. The predicted octanol–water partition coefficient (Wildman–Crippen LogP) is 7.43. The lowest BCUT2D eigenvalue weighted by molar-refractivity contribution is -0.178. The second-order valence-electron chi connectivity index (χ2n) is 27.6. The zero-order chi connectivity index (χ0) is 65.5. The maximum Gasteiger partial charge on any atom is 0.519 e. The van der Waals surface area contributed by atoms with E-state index in [9.17, 15) is 48.6 Å². The summed E-state index contributed by atoms with van der Waals surface area (Å²) >= 11 is 0. The Kier molecular flexibility index (Phi) is 15.5. The Labute approximate surface area is 532 Å². The highest BCUT2D eigenvalue weighted by molar-refractivity contribution is 6.02. The van der Waals surface area contributed by atoms with Crippen LogP contribution in [0.25, 0.3) is 21.8 Å². The van der Waals surface area contributed by atoms with Gasteiger partial charge in [0.2, 0.25) is 23.4 Å². The predicted molar refractivity (Wildman–Crippen MR) is 330 cm³/mol. The first kappa shape index (κ1) is 62.3. The van der Waals surface area contributed by atoms with Crippen molar-refractivity contribution < 1.29 is 75.5 Å². The summed E-state index contributed by atoms with van der Waals surface area (Å²) in [6.45, 7) is 7.65. The number of aliphatic hydroxyl groups is 2. The van der Waals surface area contributed by atoms with Crippen LogP contribution in [-0.2, 0) is 30.3 Å². The number of fused-ring (bicyclic) bond motifs is 8. The van der Waals surface area contributed by atoms with Crippen LogP contribution in [0.3, 0.4) is 0 Å². The Hall–Kier alpha value is -8.16. The minimum Gasteiger partial charge on any atom is -0.492 e. The molecule has 8 fully saturated rings. The van der Waals surface area contributed by atoms with Crippen molar-refractivity contribution in [1.82, 2.24) is 18.9 Å². The van der Waals surface area contributed by atoms with E-state index in [0.29, 0.717) is 68.8 Å². The number of anilines is 2. The number of aryl methyl sites for hydroxylation is 1. The molecule has 6 aliphatic carbocycles. The van der Waals surface area contributed by atoms with Crippen molar-refractivity contribution in [1.29, 1.82) is 0 Å². The summed E-state index contributed by atoms with van der Waals surface area (Å²) < 4.78 is 75.7. The highest BCUT2D eigenvalue weighted by atomic mass is 19.1. The number of esters is 2. The molecule has 23 nitrogen and oxygen atoms in total. The maximum absolute atomic E-state index is 16.8. The lowest BCUT2D eigenvalue weighted by Crippen LogP contribution is -2.61. The molecule has 2 aromatic carbocycles. The Morgan fingerprint density at radius 3 is 2.00 bits per heavy atom. The highest BCUT2D eigenvalue weighted by Crippen LogP contribution is 2.67. The van der Waals surface area contributed by atoms with E-state index >= 15 is 8.78 Å². The summed E-state index contributed by atoms with van der Waals surface area (Å²) in [6.07, 6.45) is 12.6. The van der Waals surface area contributed by atoms with Gasteiger partial charge < -0.3 is 66.6 Å². The van der Waals surface area contributed by atoms with Crippen molar-refractivity contribution in [3.8, 4) is 11.5 Å². The van der Waals surface area contributed by atoms with Crippen LogP contribution in [0.5, 0.6) is 11.5 Å². The SMILES string of the molecule is COc1c(N2CC3CCCN(Cc4oc(=O)oc4C)C3C2)c(F)cc2c(=O)c(C(=O)OCOC(=O)N3CCN(c4c(F)cc5c(=O)c(C(=O)OCC(=O)[C@]6(O)CC[C@@H]7[C@H]8CCC9=CC(=O)C=C[C@@]9(C)[C@@H]8[C@H](O)C[C@]76C)cn(C6CC6)c5c4OC)CC3C)cn(C3CC3)c12. The molecule has 0 bridgehead atoms. The molecule has 3 unspecified atom stereocenters. The molecule has 1 amide bonds. The van der Waals surface area contributed by atoms with Crippen LogP contribution in [0.4, 0.5) is 25.0 Å². The van der Waals surface area contributed by atoms with E-state index in [1.54, 1.807) is 40.0 Å². The van der Waals surface area contributed by atoms with Crippen LogP contribution < -0.4 is 36.0 Å². The Morgan fingerprint density at radius 2 is 1.40 bits per heavy atom. The van der Waals surface area contributed by atoms with Gasteiger partial charge in [0.25, 0.3) is 0 Å². The maximum atomic E-state index is 16.8. The second kappa shape index (κ2) is 23.1. The summed E-state index contributed by atoms with van der Waals surface area (Å²) in [4.78, 5) is 116.